The molecule has 0 spiro atoms. The molecular weight excluding hydrogens is 502 g/mol. The van der Waals surface area contributed by atoms with Crippen LogP contribution in [0.1, 0.15) is 36.0 Å². The van der Waals surface area contributed by atoms with E-state index in [1.54, 1.807) is 0 Å². The number of thiophene rings is 1. The molecule has 0 amide bonds. The van der Waals surface area contributed by atoms with Crippen LogP contribution in [0, 0.1) is 0 Å². The molecule has 2 aromatic carbocycles. The molecule has 3 nitrogen and oxygen atoms in total. The van der Waals surface area contributed by atoms with Crippen molar-refractivity contribution in [1.29, 1.82) is 0 Å². The Labute approximate surface area is 208 Å². The third kappa shape index (κ3) is 4.91. The molecule has 0 N–H and O–H groups in total. The first-order chi connectivity index (χ1) is 15.7. The number of benzene rings is 2. The number of halogens is 2. The fourth-order valence-electron chi connectivity index (χ4n) is 5.03. The zero-order valence-electron chi connectivity index (χ0n) is 18.3. The molecule has 1 aromatic heterocycles. The van der Waals surface area contributed by atoms with Crippen molar-refractivity contribution in [2.45, 2.75) is 32.1 Å². The quantitative estimate of drug-likeness (QED) is 0.325. The number of hydrogen-bond donors (Lipinski definition) is 0. The molecule has 0 aliphatic carbocycles. The van der Waals surface area contributed by atoms with Crippen molar-refractivity contribution in [2.24, 2.45) is 4.99 Å². The Morgan fingerprint density at radius 2 is 1.91 bits per heavy atom. The van der Waals surface area contributed by atoms with Gasteiger partial charge >= 0.3 is 0 Å². The molecule has 1 saturated heterocycles. The van der Waals surface area contributed by atoms with Crippen molar-refractivity contribution in [3.05, 3.63) is 68.0 Å². The van der Waals surface area contributed by atoms with Crippen LogP contribution < -0.4 is 0 Å². The van der Waals surface area contributed by atoms with Gasteiger partial charge in [-0.05, 0) is 97.9 Å². The average Bonchev–Trinajstić information content (AvgIpc) is 3.54. The van der Waals surface area contributed by atoms with Crippen molar-refractivity contribution in [3.63, 3.8) is 0 Å². The maximum atomic E-state index is 6.75. The summed E-state index contributed by atoms with van der Waals surface area (Å²) in [5, 5.41) is 4.34. The summed E-state index contributed by atoms with van der Waals surface area (Å²) in [5.74, 6) is 1.14. The van der Waals surface area contributed by atoms with Gasteiger partial charge < -0.3 is 9.80 Å². The van der Waals surface area contributed by atoms with E-state index in [1.807, 2.05) is 17.4 Å². The standard InChI is InChI=1S/C26H29BrClN3S/c27-21-17-19(25-20(18-21)9-16-32-25)7-8-22-23(5-3-6-24(22)28)26-29-10-15-31(26)14-4-13-30-11-1-2-12-30/h3,5-6,9,16-18H,1-2,4,7-8,10-15H2. The zero-order chi connectivity index (χ0) is 21.9. The van der Waals surface area contributed by atoms with Crippen molar-refractivity contribution in [2.75, 3.05) is 39.3 Å². The van der Waals surface area contributed by atoms with Crippen LogP contribution >= 0.6 is 38.9 Å². The van der Waals surface area contributed by atoms with Gasteiger partial charge in [0, 0.05) is 32.8 Å². The molecule has 2 aliphatic heterocycles. The van der Waals surface area contributed by atoms with Crippen LogP contribution in [-0.4, -0.2) is 54.9 Å². The van der Waals surface area contributed by atoms with Gasteiger partial charge in [0.1, 0.15) is 5.84 Å². The van der Waals surface area contributed by atoms with Gasteiger partial charge in [0.25, 0.3) is 0 Å². The van der Waals surface area contributed by atoms with E-state index in [2.05, 4.69) is 61.4 Å². The van der Waals surface area contributed by atoms with Crippen molar-refractivity contribution < 1.29 is 0 Å². The number of hydrogen-bond acceptors (Lipinski definition) is 4. The minimum atomic E-state index is 0.853. The highest BCUT2D eigenvalue weighted by Gasteiger charge is 2.22. The lowest BCUT2D eigenvalue weighted by Crippen LogP contribution is -2.32. The molecular formula is C26H29BrClN3S. The molecule has 5 rings (SSSR count). The topological polar surface area (TPSA) is 18.8 Å². The van der Waals surface area contributed by atoms with Gasteiger partial charge in [0.2, 0.25) is 0 Å². The molecule has 0 radical (unpaired) electrons. The Morgan fingerprint density at radius 3 is 2.78 bits per heavy atom. The maximum Gasteiger partial charge on any atom is 0.131 e. The second-order valence-corrected chi connectivity index (χ2v) is 11.0. The summed E-state index contributed by atoms with van der Waals surface area (Å²) in [6.07, 6.45) is 5.80. The first-order valence-corrected chi connectivity index (χ1v) is 13.7. The molecule has 168 valence electrons. The average molecular weight is 531 g/mol. The lowest BCUT2D eigenvalue weighted by atomic mass is 9.98. The lowest BCUT2D eigenvalue weighted by Gasteiger charge is -2.24. The van der Waals surface area contributed by atoms with E-state index in [4.69, 9.17) is 16.6 Å². The molecule has 0 unspecified atom stereocenters. The van der Waals surface area contributed by atoms with Gasteiger partial charge in [-0.2, -0.15) is 0 Å². The predicted molar refractivity (Wildman–Crippen MR) is 142 cm³/mol. The first-order valence-electron chi connectivity index (χ1n) is 11.6. The molecule has 3 aromatic rings. The number of fused-ring (bicyclic) bond motifs is 1. The van der Waals surface area contributed by atoms with Crippen LogP contribution in [0.4, 0.5) is 0 Å². The third-order valence-electron chi connectivity index (χ3n) is 6.63. The minimum absolute atomic E-state index is 0.853. The van der Waals surface area contributed by atoms with Gasteiger partial charge in [-0.3, -0.25) is 4.99 Å². The van der Waals surface area contributed by atoms with Crippen LogP contribution in [0.15, 0.2) is 51.2 Å². The molecule has 0 bridgehead atoms. The Bertz CT molecular complexity index is 1120. The minimum Gasteiger partial charge on any atom is -0.355 e. The third-order valence-corrected chi connectivity index (χ3v) is 8.45. The number of amidine groups is 1. The van der Waals surface area contributed by atoms with Crippen LogP contribution in [0.2, 0.25) is 5.02 Å². The lowest BCUT2D eigenvalue weighted by molar-refractivity contribution is 0.313. The summed E-state index contributed by atoms with van der Waals surface area (Å²) in [5.41, 5.74) is 3.82. The number of nitrogens with zero attached hydrogens (tertiary/aromatic N) is 3. The molecule has 3 heterocycles. The first kappa shape index (κ1) is 22.4. The summed E-state index contributed by atoms with van der Waals surface area (Å²) in [4.78, 5) is 9.99. The summed E-state index contributed by atoms with van der Waals surface area (Å²) in [6, 6.07) is 13.0. The number of aliphatic imine (C=N–C) groups is 1. The van der Waals surface area contributed by atoms with E-state index >= 15 is 0 Å². The molecule has 1 fully saturated rings. The molecule has 32 heavy (non-hydrogen) atoms. The fourth-order valence-corrected chi connectivity index (χ4v) is 6.75. The predicted octanol–water partition coefficient (Wildman–Crippen LogP) is 6.65. The maximum absolute atomic E-state index is 6.75. The zero-order valence-corrected chi connectivity index (χ0v) is 21.5. The molecule has 0 saturated carbocycles. The number of likely N-dealkylation sites (tertiary alicyclic amines) is 1. The van der Waals surface area contributed by atoms with E-state index in [1.165, 1.54) is 65.7 Å². The van der Waals surface area contributed by atoms with Gasteiger partial charge in [0.15, 0.2) is 0 Å². The highest BCUT2D eigenvalue weighted by Crippen LogP contribution is 2.31. The monoisotopic (exact) mass is 529 g/mol. The van der Waals surface area contributed by atoms with Crippen LogP contribution in [0.3, 0.4) is 0 Å². The highest BCUT2D eigenvalue weighted by atomic mass is 79.9. The molecule has 6 heteroatoms. The highest BCUT2D eigenvalue weighted by molar-refractivity contribution is 9.10. The van der Waals surface area contributed by atoms with Gasteiger partial charge in [0.05, 0.1) is 6.54 Å². The summed E-state index contributed by atoms with van der Waals surface area (Å²) < 4.78 is 2.52. The molecule has 0 atom stereocenters. The van der Waals surface area contributed by atoms with Gasteiger partial charge in [-0.1, -0.05) is 39.7 Å². The summed E-state index contributed by atoms with van der Waals surface area (Å²) >= 11 is 12.3. The molecule has 2 aliphatic rings. The van der Waals surface area contributed by atoms with Crippen LogP contribution in [0.5, 0.6) is 0 Å². The largest absolute Gasteiger partial charge is 0.355 e. The second kappa shape index (κ2) is 10.3. The van der Waals surface area contributed by atoms with E-state index in [0.717, 1.165) is 47.8 Å². The van der Waals surface area contributed by atoms with E-state index in [0.29, 0.717) is 0 Å². The van der Waals surface area contributed by atoms with Gasteiger partial charge in [-0.25, -0.2) is 0 Å². The summed E-state index contributed by atoms with van der Waals surface area (Å²) in [6.45, 7) is 6.71. The van der Waals surface area contributed by atoms with Crippen molar-refractivity contribution >= 4 is 54.8 Å². The van der Waals surface area contributed by atoms with Crippen molar-refractivity contribution in [3.8, 4) is 0 Å². The Kier molecular flexibility index (Phi) is 7.17. The van der Waals surface area contributed by atoms with Crippen molar-refractivity contribution in [1.82, 2.24) is 9.80 Å². The van der Waals surface area contributed by atoms with E-state index in [-0.39, 0.29) is 0 Å². The number of rotatable bonds is 8. The smallest absolute Gasteiger partial charge is 0.131 e. The van der Waals surface area contributed by atoms with E-state index in [9.17, 15) is 0 Å². The fraction of sp³-hybridized carbons (Fsp3) is 0.423. The number of aryl methyl sites for hydroxylation is 1. The van der Waals surface area contributed by atoms with Crippen LogP contribution in [-0.2, 0) is 12.8 Å². The normalized spacial score (nSPS) is 16.9. The second-order valence-electron chi connectivity index (χ2n) is 8.76. The van der Waals surface area contributed by atoms with E-state index < -0.39 is 0 Å². The summed E-state index contributed by atoms with van der Waals surface area (Å²) in [7, 11) is 0. The SMILES string of the molecule is Clc1cccc(C2=NCCN2CCCN2CCCC2)c1CCc1cc(Br)cc2ccsc12. The van der Waals surface area contributed by atoms with Crippen LogP contribution in [0.25, 0.3) is 10.1 Å². The Balaban J connectivity index is 1.32. The Morgan fingerprint density at radius 1 is 1.03 bits per heavy atom. The van der Waals surface area contributed by atoms with Gasteiger partial charge in [-0.15, -0.1) is 11.3 Å². The Hall–Kier alpha value is -1.40.